The number of nitrogens with one attached hydrogen (secondary N) is 1. The molecule has 0 bridgehead atoms. The molecule has 0 saturated carbocycles. The van der Waals surface area contributed by atoms with E-state index in [0.29, 0.717) is 16.5 Å². The summed E-state index contributed by atoms with van der Waals surface area (Å²) in [6.07, 6.45) is 0.821. The van der Waals surface area contributed by atoms with Crippen LogP contribution < -0.4 is 5.32 Å². The largest absolute Gasteiger partial charge is 0.456 e. The van der Waals surface area contributed by atoms with Crippen molar-refractivity contribution in [1.29, 1.82) is 0 Å². The second-order valence-corrected chi connectivity index (χ2v) is 6.00. The van der Waals surface area contributed by atoms with Crippen LogP contribution in [0, 0.1) is 0 Å². The monoisotopic (exact) mass is 365 g/mol. The van der Waals surface area contributed by atoms with Crippen molar-refractivity contribution in [2.24, 2.45) is 0 Å². The minimum absolute atomic E-state index is 0.236. The van der Waals surface area contributed by atoms with Crippen LogP contribution in [0.3, 0.4) is 0 Å². The van der Waals surface area contributed by atoms with Crippen LogP contribution in [-0.4, -0.2) is 18.5 Å². The summed E-state index contributed by atoms with van der Waals surface area (Å²) in [5, 5.41) is 3.65. The number of hydrogen-bond acceptors (Lipinski definition) is 3. The van der Waals surface area contributed by atoms with Gasteiger partial charge in [0.05, 0.1) is 0 Å². The van der Waals surface area contributed by atoms with Crippen LogP contribution in [-0.2, 0) is 27.3 Å². The van der Waals surface area contributed by atoms with E-state index in [1.54, 1.807) is 18.2 Å². The molecule has 126 valence electrons. The molecule has 1 amide bonds. The topological polar surface area (TPSA) is 55.4 Å². The fourth-order valence-corrected chi connectivity index (χ4v) is 2.49. The molecule has 2 rings (SSSR count). The molecule has 0 heterocycles. The Bertz CT molecular complexity index is 705. The maximum Gasteiger partial charge on any atom is 0.306 e. The zero-order valence-electron chi connectivity index (χ0n) is 12.9. The van der Waals surface area contributed by atoms with Crippen LogP contribution in [0.1, 0.15) is 17.5 Å². The summed E-state index contributed by atoms with van der Waals surface area (Å²) in [5.74, 6) is -0.785. The Hall–Kier alpha value is -2.04. The minimum Gasteiger partial charge on any atom is -0.456 e. The molecule has 0 saturated heterocycles. The second-order valence-electron chi connectivity index (χ2n) is 5.16. The predicted octanol–water partition coefficient (Wildman–Crippen LogP) is 3.79. The number of aryl methyl sites for hydroxylation is 1. The number of esters is 1. The van der Waals surface area contributed by atoms with E-state index >= 15 is 0 Å². The zero-order valence-corrected chi connectivity index (χ0v) is 14.4. The first kappa shape index (κ1) is 18.3. The average Bonchev–Trinajstić information content (AvgIpc) is 2.58. The molecule has 0 fully saturated rings. The standard InChI is InChI=1S/C18H17Cl2NO3/c19-15-8-7-14(16(20)10-15)11-21-17(22)12-24-18(23)9-6-13-4-2-1-3-5-13/h1-5,7-8,10H,6,9,11-12H2,(H,21,22). The molecule has 0 unspecified atom stereocenters. The molecule has 1 N–H and O–H groups in total. The van der Waals surface area contributed by atoms with Gasteiger partial charge in [0.25, 0.3) is 5.91 Å². The Morgan fingerprint density at radius 1 is 1.04 bits per heavy atom. The zero-order chi connectivity index (χ0) is 17.4. The van der Waals surface area contributed by atoms with Gasteiger partial charge in [-0.25, -0.2) is 0 Å². The molecule has 4 nitrogen and oxygen atoms in total. The van der Waals surface area contributed by atoms with Crippen LogP contribution in [0.25, 0.3) is 0 Å². The second kappa shape index (κ2) is 9.30. The van der Waals surface area contributed by atoms with Crippen LogP contribution >= 0.6 is 23.2 Å². The number of ether oxygens (including phenoxy) is 1. The molecule has 0 aliphatic heterocycles. The lowest BCUT2D eigenvalue weighted by Gasteiger charge is -2.08. The van der Waals surface area contributed by atoms with E-state index in [9.17, 15) is 9.59 Å². The first-order chi connectivity index (χ1) is 11.5. The van der Waals surface area contributed by atoms with E-state index in [-0.39, 0.29) is 25.5 Å². The van der Waals surface area contributed by atoms with Gasteiger partial charge in [-0.3, -0.25) is 9.59 Å². The Labute approximate surface area is 150 Å². The van der Waals surface area contributed by atoms with Gasteiger partial charge in [-0.05, 0) is 29.7 Å². The van der Waals surface area contributed by atoms with E-state index < -0.39 is 5.97 Å². The summed E-state index contributed by atoms with van der Waals surface area (Å²) in [4.78, 5) is 23.4. The van der Waals surface area contributed by atoms with E-state index in [1.165, 1.54) is 0 Å². The molecule has 0 aliphatic rings. The molecule has 0 atom stereocenters. The lowest BCUT2D eigenvalue weighted by atomic mass is 10.1. The minimum atomic E-state index is -0.404. The van der Waals surface area contributed by atoms with Crippen molar-refractivity contribution in [3.8, 4) is 0 Å². The number of carbonyl (C=O) groups is 2. The summed E-state index contributed by atoms with van der Waals surface area (Å²) in [7, 11) is 0. The van der Waals surface area contributed by atoms with Gasteiger partial charge in [-0.2, -0.15) is 0 Å². The third kappa shape index (κ3) is 6.22. The number of benzene rings is 2. The molecule has 2 aromatic rings. The molecule has 24 heavy (non-hydrogen) atoms. The number of halogens is 2. The molecule has 0 radical (unpaired) electrons. The molecule has 0 spiro atoms. The molecule has 6 heteroatoms. The Kier molecular flexibility index (Phi) is 7.09. The molecular weight excluding hydrogens is 349 g/mol. The summed E-state index contributed by atoms with van der Waals surface area (Å²) >= 11 is 11.8. The maximum absolute atomic E-state index is 11.7. The molecule has 0 aromatic heterocycles. The number of carbonyl (C=O) groups excluding carboxylic acids is 2. The van der Waals surface area contributed by atoms with Gasteiger partial charge in [0, 0.05) is 23.0 Å². The van der Waals surface area contributed by atoms with E-state index in [2.05, 4.69) is 5.32 Å². The Balaban J connectivity index is 1.68. The summed E-state index contributed by atoms with van der Waals surface area (Å²) in [5.41, 5.74) is 1.79. The highest BCUT2D eigenvalue weighted by Crippen LogP contribution is 2.20. The van der Waals surface area contributed by atoms with E-state index in [1.807, 2.05) is 30.3 Å². The lowest BCUT2D eigenvalue weighted by molar-refractivity contribution is -0.148. The number of amides is 1. The van der Waals surface area contributed by atoms with Crippen LogP contribution in [0.15, 0.2) is 48.5 Å². The maximum atomic E-state index is 11.7. The van der Waals surface area contributed by atoms with E-state index in [0.717, 1.165) is 11.1 Å². The predicted molar refractivity (Wildman–Crippen MR) is 94.0 cm³/mol. The van der Waals surface area contributed by atoms with Gasteiger partial charge < -0.3 is 10.1 Å². The van der Waals surface area contributed by atoms with Gasteiger partial charge in [-0.15, -0.1) is 0 Å². The SMILES string of the molecule is O=C(COC(=O)CCc1ccccc1)NCc1ccc(Cl)cc1Cl. The summed E-state index contributed by atoms with van der Waals surface area (Å²) < 4.78 is 4.96. The quantitative estimate of drug-likeness (QED) is 0.759. The van der Waals surface area contributed by atoms with Crippen LogP contribution in [0.2, 0.25) is 10.0 Å². The highest BCUT2D eigenvalue weighted by Gasteiger charge is 2.09. The smallest absolute Gasteiger partial charge is 0.306 e. The molecular formula is C18H17Cl2NO3. The van der Waals surface area contributed by atoms with Gasteiger partial charge in [0.1, 0.15) is 0 Å². The van der Waals surface area contributed by atoms with Crippen molar-refractivity contribution in [3.05, 3.63) is 69.7 Å². The summed E-state index contributed by atoms with van der Waals surface area (Å²) in [6.45, 7) is -0.0603. The lowest BCUT2D eigenvalue weighted by Crippen LogP contribution is -2.28. The Morgan fingerprint density at radius 3 is 2.50 bits per heavy atom. The summed E-state index contributed by atoms with van der Waals surface area (Å²) in [6, 6.07) is 14.7. The van der Waals surface area contributed by atoms with Crippen LogP contribution in [0.5, 0.6) is 0 Å². The highest BCUT2D eigenvalue weighted by molar-refractivity contribution is 6.35. The Morgan fingerprint density at radius 2 is 1.79 bits per heavy atom. The van der Waals surface area contributed by atoms with Crippen molar-refractivity contribution >= 4 is 35.1 Å². The van der Waals surface area contributed by atoms with Crippen molar-refractivity contribution < 1.29 is 14.3 Å². The first-order valence-corrected chi connectivity index (χ1v) is 8.20. The number of hydrogen-bond donors (Lipinski definition) is 1. The average molecular weight is 366 g/mol. The van der Waals surface area contributed by atoms with Gasteiger partial charge in [0.15, 0.2) is 6.61 Å². The van der Waals surface area contributed by atoms with Crippen molar-refractivity contribution in [2.75, 3.05) is 6.61 Å². The van der Waals surface area contributed by atoms with Crippen molar-refractivity contribution in [2.45, 2.75) is 19.4 Å². The van der Waals surface area contributed by atoms with Gasteiger partial charge >= 0.3 is 5.97 Å². The third-order valence-electron chi connectivity index (χ3n) is 3.32. The third-order valence-corrected chi connectivity index (χ3v) is 3.90. The fraction of sp³-hybridized carbons (Fsp3) is 0.222. The molecule has 0 aliphatic carbocycles. The first-order valence-electron chi connectivity index (χ1n) is 7.45. The van der Waals surface area contributed by atoms with Crippen LogP contribution in [0.4, 0.5) is 0 Å². The fourth-order valence-electron chi connectivity index (χ4n) is 2.02. The molecule has 2 aromatic carbocycles. The van der Waals surface area contributed by atoms with E-state index in [4.69, 9.17) is 27.9 Å². The van der Waals surface area contributed by atoms with Crippen molar-refractivity contribution in [1.82, 2.24) is 5.32 Å². The van der Waals surface area contributed by atoms with Gasteiger partial charge in [0.2, 0.25) is 0 Å². The normalized spacial score (nSPS) is 10.2. The van der Waals surface area contributed by atoms with Gasteiger partial charge in [-0.1, -0.05) is 59.6 Å². The van der Waals surface area contributed by atoms with Crippen molar-refractivity contribution in [3.63, 3.8) is 0 Å². The number of rotatable bonds is 7. The highest BCUT2D eigenvalue weighted by atomic mass is 35.5.